The van der Waals surface area contributed by atoms with Gasteiger partial charge >= 0.3 is 5.97 Å². The maximum absolute atomic E-state index is 12.9. The van der Waals surface area contributed by atoms with Gasteiger partial charge in [-0.15, -0.1) is 0 Å². The number of esters is 1. The van der Waals surface area contributed by atoms with Crippen LogP contribution in [0.2, 0.25) is 0 Å². The van der Waals surface area contributed by atoms with Crippen molar-refractivity contribution in [3.05, 3.63) is 47.1 Å². The molecule has 166 valence electrons. The van der Waals surface area contributed by atoms with E-state index < -0.39 is 17.5 Å². The van der Waals surface area contributed by atoms with Crippen molar-refractivity contribution in [2.45, 2.75) is 38.5 Å². The Morgan fingerprint density at radius 2 is 1.84 bits per heavy atom. The quantitative estimate of drug-likeness (QED) is 0.506. The van der Waals surface area contributed by atoms with Crippen molar-refractivity contribution >= 4 is 17.7 Å². The first-order chi connectivity index (χ1) is 14.7. The molecule has 2 aliphatic rings. The number of carbonyl (C=O) groups excluding carboxylic acids is 3. The van der Waals surface area contributed by atoms with Crippen molar-refractivity contribution in [1.29, 1.82) is 0 Å². The molecule has 1 aromatic carbocycles. The fraction of sp³-hybridized carbons (Fsp3) is 0.435. The largest absolute Gasteiger partial charge is 0.493 e. The van der Waals surface area contributed by atoms with Crippen molar-refractivity contribution in [2.24, 2.45) is 0 Å². The van der Waals surface area contributed by atoms with E-state index in [2.05, 4.69) is 0 Å². The van der Waals surface area contributed by atoms with E-state index in [-0.39, 0.29) is 11.9 Å². The zero-order chi connectivity index (χ0) is 22.8. The number of piperidine rings is 1. The number of rotatable bonds is 6. The summed E-state index contributed by atoms with van der Waals surface area (Å²) in [7, 11) is 4.45. The topological polar surface area (TPSA) is 91.4 Å². The van der Waals surface area contributed by atoms with E-state index in [0.29, 0.717) is 30.9 Å². The molecule has 0 radical (unpaired) electrons. The molecule has 0 N–H and O–H groups in total. The van der Waals surface area contributed by atoms with Crippen molar-refractivity contribution in [3.63, 3.8) is 0 Å². The van der Waals surface area contributed by atoms with Crippen LogP contribution in [0, 0.1) is 0 Å². The van der Waals surface area contributed by atoms with Crippen LogP contribution in [0.4, 0.5) is 0 Å². The monoisotopic (exact) mass is 429 g/mol. The second kappa shape index (κ2) is 8.93. The molecule has 8 heteroatoms. The molecule has 2 unspecified atom stereocenters. The Kier molecular flexibility index (Phi) is 6.50. The van der Waals surface area contributed by atoms with Gasteiger partial charge in [-0.2, -0.15) is 0 Å². The van der Waals surface area contributed by atoms with Crippen LogP contribution in [-0.4, -0.2) is 62.3 Å². The zero-order valence-electron chi connectivity index (χ0n) is 18.4. The highest BCUT2D eigenvalue weighted by molar-refractivity contribution is 6.01. The highest BCUT2D eigenvalue weighted by Gasteiger charge is 2.45. The van der Waals surface area contributed by atoms with Gasteiger partial charge in [0.15, 0.2) is 11.5 Å². The van der Waals surface area contributed by atoms with Gasteiger partial charge in [-0.05, 0) is 53.8 Å². The summed E-state index contributed by atoms with van der Waals surface area (Å²) in [5, 5.41) is 0. The van der Waals surface area contributed by atoms with Gasteiger partial charge in [0.25, 0.3) is 5.79 Å². The third-order valence-electron chi connectivity index (χ3n) is 5.60. The van der Waals surface area contributed by atoms with Gasteiger partial charge in [0, 0.05) is 27.5 Å². The lowest BCUT2D eigenvalue weighted by atomic mass is 9.81. The lowest BCUT2D eigenvalue weighted by Crippen LogP contribution is -2.50. The van der Waals surface area contributed by atoms with Crippen LogP contribution < -0.4 is 9.47 Å². The molecule has 1 fully saturated rings. The van der Waals surface area contributed by atoms with Gasteiger partial charge in [0.05, 0.1) is 20.3 Å². The second-order valence-electron chi connectivity index (χ2n) is 7.47. The number of nitrogens with zero attached hydrogens (tertiary/aromatic N) is 1. The van der Waals surface area contributed by atoms with Gasteiger partial charge in [-0.1, -0.05) is 6.07 Å². The molecule has 1 aliphatic heterocycles. The number of amides is 1. The van der Waals surface area contributed by atoms with E-state index in [4.69, 9.17) is 18.9 Å². The Balaban J connectivity index is 2.00. The number of fused-ring (bicyclic) bond motifs is 1. The number of likely N-dealkylation sites (tertiary alicyclic amines) is 1. The molecule has 1 aliphatic carbocycles. The number of carbonyl (C=O) groups is 3. The summed E-state index contributed by atoms with van der Waals surface area (Å²) in [6.45, 7) is 3.22. The molecule has 0 spiro atoms. The average Bonchev–Trinajstić information content (AvgIpc) is 2.74. The number of methoxy groups -OCH3 is 3. The van der Waals surface area contributed by atoms with E-state index >= 15 is 0 Å². The van der Waals surface area contributed by atoms with Gasteiger partial charge in [0.1, 0.15) is 0 Å². The standard InChI is InChI=1S/C23H27NO7/c1-14(25)24-9-8-17-13-23(30-5,31-15(2)26)22(27)12-18(17)19(24)10-16-6-7-20(28-3)21(11-16)29-4/h6-7,11-13,19H,8-10H2,1-5H3. The molecule has 0 saturated carbocycles. The van der Waals surface area contributed by atoms with Crippen molar-refractivity contribution < 1.29 is 33.3 Å². The molecule has 8 nitrogen and oxygen atoms in total. The van der Waals surface area contributed by atoms with E-state index in [1.807, 2.05) is 18.2 Å². The lowest BCUT2D eigenvalue weighted by molar-refractivity contribution is -0.199. The third-order valence-corrected chi connectivity index (χ3v) is 5.60. The van der Waals surface area contributed by atoms with Crippen LogP contribution in [0.1, 0.15) is 25.8 Å². The van der Waals surface area contributed by atoms with Crippen LogP contribution in [0.15, 0.2) is 41.5 Å². The normalized spacial score (nSPS) is 22.8. The van der Waals surface area contributed by atoms with Crippen LogP contribution in [0.3, 0.4) is 0 Å². The van der Waals surface area contributed by atoms with Gasteiger partial charge < -0.3 is 23.8 Å². The maximum Gasteiger partial charge on any atom is 0.305 e. The first kappa shape index (κ1) is 22.6. The minimum absolute atomic E-state index is 0.0820. The number of ketones is 1. The lowest BCUT2D eigenvalue weighted by Gasteiger charge is -2.42. The van der Waals surface area contributed by atoms with Crippen molar-refractivity contribution in [2.75, 3.05) is 27.9 Å². The number of hydrogen-bond acceptors (Lipinski definition) is 7. The van der Waals surface area contributed by atoms with Gasteiger partial charge in [0.2, 0.25) is 11.7 Å². The Labute approximate surface area is 181 Å². The Morgan fingerprint density at radius 1 is 1.13 bits per heavy atom. The third kappa shape index (κ3) is 4.34. The van der Waals surface area contributed by atoms with Crippen LogP contribution in [0.25, 0.3) is 0 Å². The molecule has 1 heterocycles. The maximum atomic E-state index is 12.9. The highest BCUT2D eigenvalue weighted by atomic mass is 16.7. The van der Waals surface area contributed by atoms with E-state index in [9.17, 15) is 14.4 Å². The van der Waals surface area contributed by atoms with Crippen molar-refractivity contribution in [3.8, 4) is 11.5 Å². The molecule has 1 amide bonds. The Morgan fingerprint density at radius 3 is 2.42 bits per heavy atom. The smallest absolute Gasteiger partial charge is 0.305 e. The zero-order valence-corrected chi connectivity index (χ0v) is 18.4. The molecule has 31 heavy (non-hydrogen) atoms. The molecular formula is C23H27NO7. The fourth-order valence-electron chi connectivity index (χ4n) is 4.13. The Hall–Kier alpha value is -3.13. The van der Waals surface area contributed by atoms with Crippen molar-refractivity contribution in [1.82, 2.24) is 4.90 Å². The minimum atomic E-state index is -1.77. The first-order valence-corrected chi connectivity index (χ1v) is 9.95. The van der Waals surface area contributed by atoms with Gasteiger partial charge in [-0.3, -0.25) is 14.4 Å². The predicted octanol–water partition coefficient (Wildman–Crippen LogP) is 2.21. The molecule has 0 aromatic heterocycles. The molecule has 0 bridgehead atoms. The second-order valence-corrected chi connectivity index (χ2v) is 7.47. The summed E-state index contributed by atoms with van der Waals surface area (Å²) >= 11 is 0. The summed E-state index contributed by atoms with van der Waals surface area (Å²) in [6, 6.07) is 5.22. The number of ether oxygens (including phenoxy) is 4. The number of hydrogen-bond donors (Lipinski definition) is 0. The first-order valence-electron chi connectivity index (χ1n) is 9.95. The molecule has 1 aromatic rings. The summed E-state index contributed by atoms with van der Waals surface area (Å²) in [5.74, 6) is -1.77. The summed E-state index contributed by atoms with van der Waals surface area (Å²) in [5.41, 5.74) is 2.47. The molecule has 3 rings (SSSR count). The van der Waals surface area contributed by atoms with E-state index in [0.717, 1.165) is 16.7 Å². The fourth-order valence-corrected chi connectivity index (χ4v) is 4.13. The minimum Gasteiger partial charge on any atom is -0.493 e. The summed E-state index contributed by atoms with van der Waals surface area (Å²) in [6.07, 6.45) is 3.99. The predicted molar refractivity (Wildman–Crippen MR) is 112 cm³/mol. The summed E-state index contributed by atoms with van der Waals surface area (Å²) < 4.78 is 21.2. The molecule has 1 saturated heterocycles. The number of benzene rings is 1. The Bertz CT molecular complexity index is 965. The molecular weight excluding hydrogens is 402 g/mol. The van der Waals surface area contributed by atoms with Crippen LogP contribution in [-0.2, 0) is 30.3 Å². The SMILES string of the molecule is COc1ccc(CC2C3=CC(=O)C(OC)(OC(C)=O)C=C3CCN2C(C)=O)cc1OC. The highest BCUT2D eigenvalue weighted by Crippen LogP contribution is 2.38. The van der Waals surface area contributed by atoms with E-state index in [1.165, 1.54) is 27.0 Å². The average molecular weight is 429 g/mol. The van der Waals surface area contributed by atoms with Crippen LogP contribution >= 0.6 is 0 Å². The van der Waals surface area contributed by atoms with E-state index in [1.54, 1.807) is 25.2 Å². The molecule has 2 atom stereocenters. The van der Waals surface area contributed by atoms with Crippen LogP contribution in [0.5, 0.6) is 11.5 Å². The summed E-state index contributed by atoms with van der Waals surface area (Å²) in [4.78, 5) is 38.6. The van der Waals surface area contributed by atoms with Gasteiger partial charge in [-0.25, -0.2) is 0 Å².